The fraction of sp³-hybridized carbons (Fsp3) is 0. The first-order valence-electron chi connectivity index (χ1n) is 5.50. The lowest BCUT2D eigenvalue weighted by molar-refractivity contribution is 0.564. The van der Waals surface area contributed by atoms with Crippen LogP contribution in [0.5, 0.6) is 0 Å². The Labute approximate surface area is 131 Å². The number of carbonyl (C=O) groups excluding carboxylic acids is 3. The summed E-state index contributed by atoms with van der Waals surface area (Å²) in [6.07, 6.45) is 3.49. The molecule has 0 saturated heterocycles. The van der Waals surface area contributed by atoms with Gasteiger partial charge in [-0.05, 0) is 0 Å². The second kappa shape index (κ2) is 8.76. The molecule has 2 heterocycles. The second-order valence-electron chi connectivity index (χ2n) is 3.25. The molecule has 0 amide bonds. The number of aliphatic imine (C=N–C) groups is 3. The lowest BCUT2D eigenvalue weighted by Crippen LogP contribution is -2.05. The van der Waals surface area contributed by atoms with E-state index in [0.717, 1.165) is 18.2 Å². The van der Waals surface area contributed by atoms with Gasteiger partial charge in [0.25, 0.3) is 17.8 Å². The lowest BCUT2D eigenvalue weighted by atomic mass is 10.8. The van der Waals surface area contributed by atoms with Gasteiger partial charge in [-0.2, -0.15) is 29.9 Å². The first-order chi connectivity index (χ1) is 11.5. The number of nitrogens with zero attached hydrogens (tertiary/aromatic N) is 9. The summed E-state index contributed by atoms with van der Waals surface area (Å²) < 4.78 is 0. The summed E-state index contributed by atoms with van der Waals surface area (Å²) in [5, 5.41) is 0. The smallest absolute Gasteiger partial charge is 0.267 e. The molecule has 0 radical (unpaired) electrons. The molecule has 0 aliphatic rings. The van der Waals surface area contributed by atoms with Crippen molar-refractivity contribution in [3.05, 3.63) is 0 Å². The van der Waals surface area contributed by atoms with Crippen LogP contribution in [0.3, 0.4) is 0 Å². The van der Waals surface area contributed by atoms with E-state index in [0.29, 0.717) is 0 Å². The number of nitrogen functional groups attached to an aromatic ring is 3. The third-order valence-corrected chi connectivity index (χ3v) is 1.72. The normalized spacial score (nSPS) is 8.50. The molecule has 0 saturated carbocycles. The zero-order valence-corrected chi connectivity index (χ0v) is 11.5. The van der Waals surface area contributed by atoms with Crippen LogP contribution in [0.2, 0.25) is 0 Å². The Kier molecular flexibility index (Phi) is 6.43. The number of hydrogen-bond acceptors (Lipinski definition) is 15. The Hall–Kier alpha value is -4.44. The van der Waals surface area contributed by atoms with Crippen LogP contribution < -0.4 is 17.2 Å². The van der Waals surface area contributed by atoms with Crippen LogP contribution >= 0.6 is 0 Å². The molecule has 0 atom stereocenters. The predicted octanol–water partition coefficient (Wildman–Crippen LogP) is -1.61. The Morgan fingerprint density at radius 3 is 1.00 bits per heavy atom. The van der Waals surface area contributed by atoms with E-state index in [4.69, 9.17) is 17.2 Å². The molecule has 15 heteroatoms. The van der Waals surface area contributed by atoms with E-state index in [1.807, 2.05) is 0 Å². The SMILES string of the molecule is Nc1nc(N)nc(N)n1.O=C=Nc1nc(N=C=O)nc(N=C=O)n1. The van der Waals surface area contributed by atoms with Gasteiger partial charge in [-0.3, -0.25) is 0 Å². The zero-order chi connectivity index (χ0) is 17.9. The first kappa shape index (κ1) is 17.6. The maximum Gasteiger partial charge on any atom is 0.267 e. The first-order valence-corrected chi connectivity index (χ1v) is 5.50. The van der Waals surface area contributed by atoms with Crippen LogP contribution in [-0.2, 0) is 14.4 Å². The van der Waals surface area contributed by atoms with E-state index in [2.05, 4.69) is 44.9 Å². The minimum Gasteiger partial charge on any atom is -0.368 e. The van der Waals surface area contributed by atoms with Crippen LogP contribution in [0.1, 0.15) is 0 Å². The zero-order valence-electron chi connectivity index (χ0n) is 11.5. The molecule has 24 heavy (non-hydrogen) atoms. The molecule has 0 bridgehead atoms. The molecule has 15 nitrogen and oxygen atoms in total. The van der Waals surface area contributed by atoms with E-state index in [1.54, 1.807) is 0 Å². The molecule has 2 rings (SSSR count). The van der Waals surface area contributed by atoms with Gasteiger partial charge in [0.1, 0.15) is 0 Å². The third-order valence-electron chi connectivity index (χ3n) is 1.72. The van der Waals surface area contributed by atoms with Crippen LogP contribution in [0.15, 0.2) is 15.0 Å². The molecular formula is C9H6N12O3. The Balaban J connectivity index is 0.000000272. The summed E-state index contributed by atoms with van der Waals surface area (Å²) in [5.41, 5.74) is 15.4. The molecular weight excluding hydrogens is 324 g/mol. The van der Waals surface area contributed by atoms with Crippen molar-refractivity contribution in [2.24, 2.45) is 15.0 Å². The highest BCUT2D eigenvalue weighted by atomic mass is 16.1. The molecule has 0 aliphatic heterocycles. The number of anilines is 3. The summed E-state index contributed by atoms with van der Waals surface area (Å²) in [5.74, 6) is -0.992. The Morgan fingerprint density at radius 2 is 0.792 bits per heavy atom. The van der Waals surface area contributed by atoms with Gasteiger partial charge in [0, 0.05) is 0 Å². The van der Waals surface area contributed by atoms with Gasteiger partial charge in [0.2, 0.25) is 36.1 Å². The van der Waals surface area contributed by atoms with Crippen molar-refractivity contribution in [2.45, 2.75) is 0 Å². The standard InChI is InChI=1S/C6N6O3.C3H6N6/c13-1-7-4-10-5(8-2-14)12-6(11-4)9-3-15;4-1-7-2(5)9-3(6)8-1/h;(H6,4,5,6,7,8,9). The van der Waals surface area contributed by atoms with Gasteiger partial charge in [0.05, 0.1) is 0 Å². The van der Waals surface area contributed by atoms with Crippen molar-refractivity contribution in [3.8, 4) is 0 Å². The summed E-state index contributed by atoms with van der Waals surface area (Å²) in [6, 6.07) is 0. The number of aromatic nitrogens is 6. The summed E-state index contributed by atoms with van der Waals surface area (Å²) in [7, 11) is 0. The van der Waals surface area contributed by atoms with E-state index in [-0.39, 0.29) is 35.7 Å². The topological polar surface area (TPSA) is 244 Å². The van der Waals surface area contributed by atoms with Crippen LogP contribution in [0.4, 0.5) is 35.7 Å². The van der Waals surface area contributed by atoms with Gasteiger partial charge in [-0.15, -0.1) is 15.0 Å². The molecule has 0 unspecified atom stereocenters. The molecule has 0 fully saturated rings. The van der Waals surface area contributed by atoms with E-state index in [9.17, 15) is 14.4 Å². The maximum absolute atomic E-state index is 9.90. The van der Waals surface area contributed by atoms with Crippen molar-refractivity contribution in [3.63, 3.8) is 0 Å². The van der Waals surface area contributed by atoms with Gasteiger partial charge in [0.15, 0.2) is 0 Å². The Bertz CT molecular complexity index is 740. The lowest BCUT2D eigenvalue weighted by Gasteiger charge is -1.93. The van der Waals surface area contributed by atoms with Gasteiger partial charge in [-0.1, -0.05) is 0 Å². The predicted molar refractivity (Wildman–Crippen MR) is 76.2 cm³/mol. The highest BCUT2D eigenvalue weighted by Crippen LogP contribution is 2.14. The fourth-order valence-electron chi connectivity index (χ4n) is 1.04. The molecule has 6 N–H and O–H groups in total. The highest BCUT2D eigenvalue weighted by Gasteiger charge is 2.03. The minimum atomic E-state index is -0.372. The molecule has 2 aromatic rings. The summed E-state index contributed by atoms with van der Waals surface area (Å²) in [6.45, 7) is 0. The van der Waals surface area contributed by atoms with E-state index >= 15 is 0 Å². The van der Waals surface area contributed by atoms with Crippen molar-refractivity contribution in [1.82, 2.24) is 29.9 Å². The Morgan fingerprint density at radius 1 is 0.542 bits per heavy atom. The number of nitrogens with two attached hydrogens (primary N) is 3. The monoisotopic (exact) mass is 330 g/mol. The minimum absolute atomic E-state index is 0.0417. The summed E-state index contributed by atoms with van der Waals surface area (Å²) >= 11 is 0. The molecule has 2 aromatic heterocycles. The average Bonchev–Trinajstić information content (AvgIpc) is 2.47. The van der Waals surface area contributed by atoms with Crippen molar-refractivity contribution < 1.29 is 14.4 Å². The van der Waals surface area contributed by atoms with Gasteiger partial charge < -0.3 is 17.2 Å². The second-order valence-corrected chi connectivity index (χ2v) is 3.25. The summed E-state index contributed by atoms with van der Waals surface area (Å²) in [4.78, 5) is 59.6. The maximum atomic E-state index is 9.90. The molecule has 120 valence electrons. The molecule has 0 aromatic carbocycles. The number of hydrogen-bond donors (Lipinski definition) is 3. The largest absolute Gasteiger partial charge is 0.368 e. The van der Waals surface area contributed by atoms with Crippen LogP contribution in [0, 0.1) is 0 Å². The van der Waals surface area contributed by atoms with Crippen molar-refractivity contribution >= 4 is 53.9 Å². The number of rotatable bonds is 3. The quantitative estimate of drug-likeness (QED) is 0.425. The average molecular weight is 330 g/mol. The molecule has 0 spiro atoms. The number of isocyanates is 3. The van der Waals surface area contributed by atoms with E-state index < -0.39 is 0 Å². The van der Waals surface area contributed by atoms with Crippen molar-refractivity contribution in [2.75, 3.05) is 17.2 Å². The van der Waals surface area contributed by atoms with Gasteiger partial charge >= 0.3 is 0 Å². The van der Waals surface area contributed by atoms with Crippen LogP contribution in [0.25, 0.3) is 0 Å². The highest BCUT2D eigenvalue weighted by molar-refractivity contribution is 5.49. The fourth-order valence-corrected chi connectivity index (χ4v) is 1.04. The third kappa shape index (κ3) is 5.90. The van der Waals surface area contributed by atoms with Crippen molar-refractivity contribution in [1.29, 1.82) is 0 Å². The van der Waals surface area contributed by atoms with Crippen LogP contribution in [-0.4, -0.2) is 48.1 Å². The van der Waals surface area contributed by atoms with Gasteiger partial charge in [-0.25, -0.2) is 14.4 Å². The van der Waals surface area contributed by atoms with E-state index in [1.165, 1.54) is 0 Å². The molecule has 0 aliphatic carbocycles.